The van der Waals surface area contributed by atoms with Crippen LogP contribution in [-0.2, 0) is 9.05 Å². The predicted octanol–water partition coefficient (Wildman–Crippen LogP) is 1.19. The lowest BCUT2D eigenvalue weighted by Gasteiger charge is -1.96. The van der Waals surface area contributed by atoms with Gasteiger partial charge in [-0.25, -0.2) is 18.1 Å². The van der Waals surface area contributed by atoms with Crippen LogP contribution in [0.4, 0.5) is 0 Å². The molecule has 5 nitrogen and oxygen atoms in total. The van der Waals surface area contributed by atoms with Crippen molar-refractivity contribution in [1.82, 2.24) is 14.8 Å². The highest BCUT2D eigenvalue weighted by atomic mass is 35.7. The molecule has 0 atom stereocenters. The van der Waals surface area contributed by atoms with E-state index in [9.17, 15) is 8.42 Å². The maximum atomic E-state index is 11.0. The van der Waals surface area contributed by atoms with E-state index < -0.39 is 9.05 Å². The fourth-order valence-corrected chi connectivity index (χ4v) is 1.68. The SMILES string of the molecule is O=S(=O)(Cl)c1cnn(-c2ccccn2)c1. The Labute approximate surface area is 90.7 Å². The zero-order chi connectivity index (χ0) is 10.9. The van der Waals surface area contributed by atoms with E-state index in [1.807, 2.05) is 0 Å². The summed E-state index contributed by atoms with van der Waals surface area (Å²) < 4.78 is 23.3. The van der Waals surface area contributed by atoms with Gasteiger partial charge in [0.25, 0.3) is 9.05 Å². The Bertz CT molecular complexity index is 565. The molecule has 0 spiro atoms. The number of aromatic nitrogens is 3. The summed E-state index contributed by atoms with van der Waals surface area (Å²) in [5.74, 6) is 0.532. The predicted molar refractivity (Wildman–Crippen MR) is 54.4 cm³/mol. The van der Waals surface area contributed by atoms with Gasteiger partial charge in [-0.2, -0.15) is 5.10 Å². The minimum Gasteiger partial charge on any atom is -0.237 e. The number of nitrogens with zero attached hydrogens (tertiary/aromatic N) is 3. The second-order valence-corrected chi connectivity index (χ2v) is 5.31. The number of halogens is 1. The topological polar surface area (TPSA) is 64.8 Å². The van der Waals surface area contributed by atoms with Crippen molar-refractivity contribution in [2.45, 2.75) is 4.90 Å². The Morgan fingerprint density at radius 2 is 2.13 bits per heavy atom. The lowest BCUT2D eigenvalue weighted by molar-refractivity contribution is 0.609. The van der Waals surface area contributed by atoms with Gasteiger partial charge in [0.1, 0.15) is 4.90 Å². The number of hydrogen-bond donors (Lipinski definition) is 0. The summed E-state index contributed by atoms with van der Waals surface area (Å²) in [5.41, 5.74) is 0. The third-order valence-electron chi connectivity index (χ3n) is 1.72. The Kier molecular flexibility index (Phi) is 2.45. The molecule has 7 heteroatoms. The molecule has 78 valence electrons. The van der Waals surface area contributed by atoms with Crippen molar-refractivity contribution in [3.63, 3.8) is 0 Å². The van der Waals surface area contributed by atoms with Gasteiger partial charge >= 0.3 is 0 Å². The first-order valence-electron chi connectivity index (χ1n) is 3.98. The summed E-state index contributed by atoms with van der Waals surface area (Å²) in [4.78, 5) is 3.96. The number of pyridine rings is 1. The molecule has 0 aromatic carbocycles. The maximum absolute atomic E-state index is 11.0. The van der Waals surface area contributed by atoms with E-state index in [0.29, 0.717) is 5.82 Å². The fraction of sp³-hybridized carbons (Fsp3) is 0. The normalized spacial score (nSPS) is 11.5. The summed E-state index contributed by atoms with van der Waals surface area (Å²) in [5, 5.41) is 3.84. The molecule has 2 rings (SSSR count). The van der Waals surface area contributed by atoms with E-state index in [-0.39, 0.29) is 4.90 Å². The molecule has 2 heterocycles. The van der Waals surface area contributed by atoms with E-state index in [4.69, 9.17) is 10.7 Å². The maximum Gasteiger partial charge on any atom is 0.264 e. The van der Waals surface area contributed by atoms with E-state index in [0.717, 1.165) is 0 Å². The molecular formula is C8H6ClN3O2S. The van der Waals surface area contributed by atoms with Gasteiger partial charge in [-0.15, -0.1) is 0 Å². The number of rotatable bonds is 2. The minimum absolute atomic E-state index is 0.0465. The molecule has 0 aliphatic carbocycles. The zero-order valence-corrected chi connectivity index (χ0v) is 8.98. The molecule has 0 aliphatic heterocycles. The van der Waals surface area contributed by atoms with Crippen molar-refractivity contribution in [2.24, 2.45) is 0 Å². The van der Waals surface area contributed by atoms with Crippen molar-refractivity contribution in [3.8, 4) is 5.82 Å². The average Bonchev–Trinajstić information content (AvgIpc) is 2.67. The summed E-state index contributed by atoms with van der Waals surface area (Å²) in [6.45, 7) is 0. The van der Waals surface area contributed by atoms with Gasteiger partial charge in [0.2, 0.25) is 0 Å². The van der Waals surface area contributed by atoms with Gasteiger partial charge in [-0.1, -0.05) is 6.07 Å². The smallest absolute Gasteiger partial charge is 0.237 e. The van der Waals surface area contributed by atoms with Crippen LogP contribution in [0.15, 0.2) is 41.7 Å². The quantitative estimate of drug-likeness (QED) is 0.744. The van der Waals surface area contributed by atoms with Gasteiger partial charge in [0, 0.05) is 16.9 Å². The molecular weight excluding hydrogens is 238 g/mol. The van der Waals surface area contributed by atoms with Crippen molar-refractivity contribution < 1.29 is 8.42 Å². The number of hydrogen-bond acceptors (Lipinski definition) is 4. The zero-order valence-electron chi connectivity index (χ0n) is 7.41. The van der Waals surface area contributed by atoms with Crippen molar-refractivity contribution in [2.75, 3.05) is 0 Å². The van der Waals surface area contributed by atoms with E-state index in [1.54, 1.807) is 24.4 Å². The molecule has 15 heavy (non-hydrogen) atoms. The lowest BCUT2D eigenvalue weighted by atomic mass is 10.5. The Hall–Kier alpha value is -1.40. The third kappa shape index (κ3) is 2.16. The molecule has 0 N–H and O–H groups in total. The molecule has 0 aliphatic rings. The monoisotopic (exact) mass is 243 g/mol. The Balaban J connectivity index is 2.46. The standard InChI is InChI=1S/C8H6ClN3O2S/c9-15(13,14)7-5-11-12(6-7)8-3-1-2-4-10-8/h1-6H. The molecule has 0 saturated carbocycles. The fourth-order valence-electron chi connectivity index (χ4n) is 1.05. The van der Waals surface area contributed by atoms with E-state index in [2.05, 4.69) is 10.1 Å². The Morgan fingerprint density at radius 3 is 2.67 bits per heavy atom. The van der Waals surface area contributed by atoms with Crippen LogP contribution in [0.5, 0.6) is 0 Å². The third-order valence-corrected chi connectivity index (χ3v) is 3.03. The summed E-state index contributed by atoms with van der Waals surface area (Å²) in [6.07, 6.45) is 4.08. The van der Waals surface area contributed by atoms with Crippen LogP contribution >= 0.6 is 10.7 Å². The van der Waals surface area contributed by atoms with Crippen molar-refractivity contribution in [3.05, 3.63) is 36.8 Å². The van der Waals surface area contributed by atoms with Gasteiger partial charge in [-0.3, -0.25) is 0 Å². The second-order valence-electron chi connectivity index (χ2n) is 2.75. The van der Waals surface area contributed by atoms with Crippen LogP contribution in [0.25, 0.3) is 5.82 Å². The highest BCUT2D eigenvalue weighted by Crippen LogP contribution is 2.14. The first-order chi connectivity index (χ1) is 7.07. The summed E-state index contributed by atoms with van der Waals surface area (Å²) >= 11 is 0. The molecule has 2 aromatic rings. The minimum atomic E-state index is -3.73. The Morgan fingerprint density at radius 1 is 1.33 bits per heavy atom. The summed E-state index contributed by atoms with van der Waals surface area (Å²) in [6, 6.07) is 5.24. The van der Waals surface area contributed by atoms with Crippen molar-refractivity contribution >= 4 is 19.7 Å². The molecule has 0 saturated heterocycles. The molecule has 0 unspecified atom stereocenters. The summed E-state index contributed by atoms with van der Waals surface area (Å²) in [7, 11) is 1.43. The second kappa shape index (κ2) is 3.63. The lowest BCUT2D eigenvalue weighted by Crippen LogP contribution is -1.96. The first kappa shape index (κ1) is 10.1. The molecule has 2 aromatic heterocycles. The van der Waals surface area contributed by atoms with Gasteiger partial charge in [-0.05, 0) is 12.1 Å². The van der Waals surface area contributed by atoms with Gasteiger partial charge < -0.3 is 0 Å². The average molecular weight is 244 g/mol. The molecule has 0 radical (unpaired) electrons. The molecule has 0 fully saturated rings. The van der Waals surface area contributed by atoms with Crippen molar-refractivity contribution in [1.29, 1.82) is 0 Å². The van der Waals surface area contributed by atoms with Gasteiger partial charge in [0.05, 0.1) is 12.4 Å². The highest BCUT2D eigenvalue weighted by Gasteiger charge is 2.13. The first-order valence-corrected chi connectivity index (χ1v) is 6.29. The van der Waals surface area contributed by atoms with Crippen LogP contribution in [-0.4, -0.2) is 23.2 Å². The van der Waals surface area contributed by atoms with Crippen LogP contribution in [0.3, 0.4) is 0 Å². The van der Waals surface area contributed by atoms with E-state index in [1.165, 1.54) is 17.1 Å². The molecule has 0 bridgehead atoms. The van der Waals surface area contributed by atoms with Crippen LogP contribution in [0.2, 0.25) is 0 Å². The van der Waals surface area contributed by atoms with Crippen LogP contribution in [0, 0.1) is 0 Å². The largest absolute Gasteiger partial charge is 0.264 e. The molecule has 0 amide bonds. The highest BCUT2D eigenvalue weighted by molar-refractivity contribution is 8.13. The van der Waals surface area contributed by atoms with Gasteiger partial charge in [0.15, 0.2) is 5.82 Å². The van der Waals surface area contributed by atoms with E-state index >= 15 is 0 Å². The van der Waals surface area contributed by atoms with Crippen LogP contribution < -0.4 is 0 Å². The van der Waals surface area contributed by atoms with Crippen LogP contribution in [0.1, 0.15) is 0 Å².